The second-order valence-electron chi connectivity index (χ2n) is 10.7. The lowest BCUT2D eigenvalue weighted by Crippen LogP contribution is -2.41. The van der Waals surface area contributed by atoms with Crippen molar-refractivity contribution in [3.8, 4) is 0 Å². The van der Waals surface area contributed by atoms with Crippen LogP contribution in [-0.4, -0.2) is 97.6 Å². The summed E-state index contributed by atoms with van der Waals surface area (Å²) in [5, 5.41) is 11.1. The zero-order valence-corrected chi connectivity index (χ0v) is 24.6. The molecule has 22 nitrogen and oxygen atoms in total. The number of anilines is 2. The number of imidazole rings is 2. The summed E-state index contributed by atoms with van der Waals surface area (Å²) in [6.07, 6.45) is -3.12. The normalized spacial score (nSPS) is 37.7. The van der Waals surface area contributed by atoms with Crippen LogP contribution in [0.2, 0.25) is 0 Å². The van der Waals surface area contributed by atoms with Gasteiger partial charge >= 0.3 is 15.6 Å². The van der Waals surface area contributed by atoms with E-state index in [0.29, 0.717) is 0 Å². The molecule has 0 amide bonds. The van der Waals surface area contributed by atoms with Crippen molar-refractivity contribution in [3.63, 3.8) is 0 Å². The molecule has 0 radical (unpaired) electrons. The Morgan fingerprint density at radius 3 is 2.40 bits per heavy atom. The van der Waals surface area contributed by atoms with Crippen LogP contribution in [0.3, 0.4) is 0 Å². The van der Waals surface area contributed by atoms with Crippen LogP contribution in [0.1, 0.15) is 18.7 Å². The number of hydrogen-bond donors (Lipinski definition) is 7. The first-order valence-corrected chi connectivity index (χ1v) is 16.4. The van der Waals surface area contributed by atoms with Crippen molar-refractivity contribution in [1.82, 2.24) is 39.0 Å². The van der Waals surface area contributed by atoms with Gasteiger partial charge in [0.2, 0.25) is 5.95 Å². The van der Waals surface area contributed by atoms with Gasteiger partial charge in [0.05, 0.1) is 44.1 Å². The molecular weight excluding hydrogens is 644 g/mol. The van der Waals surface area contributed by atoms with Gasteiger partial charge in [-0.15, -0.1) is 0 Å². The molecule has 0 aromatic carbocycles. The van der Waals surface area contributed by atoms with Crippen LogP contribution in [0.25, 0.3) is 22.3 Å². The number of phosphoric acid groups is 2. The van der Waals surface area contributed by atoms with Crippen molar-refractivity contribution >= 4 is 49.7 Å². The van der Waals surface area contributed by atoms with E-state index in [1.165, 1.54) is 28.1 Å². The third-order valence-electron chi connectivity index (χ3n) is 7.97. The van der Waals surface area contributed by atoms with Gasteiger partial charge in [-0.05, 0) is 6.42 Å². The van der Waals surface area contributed by atoms with Crippen LogP contribution in [0.5, 0.6) is 0 Å². The second kappa shape index (κ2) is 10.9. The molecule has 2 saturated heterocycles. The first kappa shape index (κ1) is 30.3. The summed E-state index contributed by atoms with van der Waals surface area (Å²) in [7, 11) is -9.90. The number of nitrogens with two attached hydrogens (primary N) is 3. The highest BCUT2D eigenvalue weighted by molar-refractivity contribution is 7.47. The lowest BCUT2D eigenvalue weighted by Gasteiger charge is -2.26. The molecule has 4 aromatic heterocycles. The minimum atomic E-state index is -4.99. The molecule has 45 heavy (non-hydrogen) atoms. The number of aromatic nitrogens is 8. The first-order chi connectivity index (χ1) is 21.3. The van der Waals surface area contributed by atoms with Gasteiger partial charge in [0.15, 0.2) is 28.9 Å². The molecule has 6 unspecified atom stereocenters. The van der Waals surface area contributed by atoms with E-state index < -0.39 is 83.1 Å². The third kappa shape index (κ3) is 5.32. The number of ether oxygens (including phenoxy) is 1. The van der Waals surface area contributed by atoms with E-state index >= 15 is 0 Å². The van der Waals surface area contributed by atoms with E-state index in [4.69, 9.17) is 40.0 Å². The van der Waals surface area contributed by atoms with E-state index in [1.54, 1.807) is 0 Å². The number of fused-ring (bicyclic) bond motifs is 5. The summed E-state index contributed by atoms with van der Waals surface area (Å²) >= 11 is 0. The molecule has 242 valence electrons. The number of nitrogens with one attached hydrogen (secondary N) is 1. The second-order valence-corrected chi connectivity index (χ2v) is 13.5. The monoisotopic (exact) mass is 671 g/mol. The molecule has 3 fully saturated rings. The molecular formula is C21H27N11O11P2. The predicted octanol–water partition coefficient (Wildman–Crippen LogP) is -1.71. The van der Waals surface area contributed by atoms with Crippen LogP contribution >= 0.6 is 15.6 Å². The van der Waals surface area contributed by atoms with E-state index in [2.05, 4.69) is 29.9 Å². The number of hydrogen-bond acceptors (Lipinski definition) is 17. The number of aliphatic hydroxyl groups is 1. The molecule has 3 aliphatic rings. The Labute approximate surface area is 250 Å². The summed E-state index contributed by atoms with van der Waals surface area (Å²) < 4.78 is 56.6. The fourth-order valence-electron chi connectivity index (χ4n) is 5.90. The van der Waals surface area contributed by atoms with Crippen molar-refractivity contribution < 1.29 is 46.9 Å². The number of rotatable bonds is 2. The molecule has 2 bridgehead atoms. The maximum absolute atomic E-state index is 13.3. The third-order valence-corrected chi connectivity index (χ3v) is 9.94. The predicted molar refractivity (Wildman–Crippen MR) is 149 cm³/mol. The van der Waals surface area contributed by atoms with Crippen LogP contribution in [0.15, 0.2) is 23.8 Å². The molecule has 1 saturated carbocycles. The van der Waals surface area contributed by atoms with Gasteiger partial charge in [0.1, 0.15) is 30.2 Å². The van der Waals surface area contributed by atoms with Crippen molar-refractivity contribution in [3.05, 3.63) is 29.3 Å². The van der Waals surface area contributed by atoms with E-state index in [1.807, 2.05) is 0 Å². The van der Waals surface area contributed by atoms with Crippen LogP contribution < -0.4 is 22.8 Å². The van der Waals surface area contributed by atoms with Crippen molar-refractivity contribution in [1.29, 1.82) is 0 Å². The smallest absolute Gasteiger partial charge is 0.390 e. The molecule has 6 heterocycles. The zero-order chi connectivity index (χ0) is 31.8. The van der Waals surface area contributed by atoms with E-state index in [9.17, 15) is 28.8 Å². The Kier molecular flexibility index (Phi) is 7.30. The van der Waals surface area contributed by atoms with Gasteiger partial charge in [-0.1, -0.05) is 0 Å². The Hall–Kier alpha value is -3.40. The van der Waals surface area contributed by atoms with Crippen molar-refractivity contribution in [2.45, 2.75) is 49.1 Å². The van der Waals surface area contributed by atoms with Gasteiger partial charge in [0, 0.05) is 5.92 Å². The van der Waals surface area contributed by atoms with E-state index in [-0.39, 0.29) is 40.5 Å². The molecule has 10 N–H and O–H groups in total. The quantitative estimate of drug-likeness (QED) is 0.117. The van der Waals surface area contributed by atoms with Gasteiger partial charge < -0.3 is 41.4 Å². The highest BCUT2D eigenvalue weighted by atomic mass is 31.2. The number of aliphatic hydroxyl groups excluding tert-OH is 1. The summed E-state index contributed by atoms with van der Waals surface area (Å²) in [5.41, 5.74) is 17.8. The summed E-state index contributed by atoms with van der Waals surface area (Å²) in [5.74, 6) is -1.07. The van der Waals surface area contributed by atoms with Crippen LogP contribution in [-0.2, 0) is 32.0 Å². The topological polar surface area (TPSA) is 326 Å². The number of H-pyrrole nitrogens is 1. The lowest BCUT2D eigenvalue weighted by molar-refractivity contribution is -0.0490. The molecule has 0 spiro atoms. The standard InChI is InChI=1S/C21H27N11O11P2/c22-10-15-9(41-20(10)32-6-27-11-16(23)25-4-26-17(11)32)3-40-45(37,38)42-14-8(1-7(13(14)33)2-39-44(35,36)43-15)31-5-28-12-18(31)29-21(24)30-19(12)34/h4-10,13-15,20,33H,1-3,22H2,(H,35,36)(H,37,38)(H2,23,25,26)(H3,24,29,30,34)/t7-,8-,9-,10?,13?,14?,15?,20-/m1/s1. The summed E-state index contributed by atoms with van der Waals surface area (Å²) in [6, 6.07) is -2.15. The molecule has 1 aliphatic carbocycles. The van der Waals surface area contributed by atoms with Crippen LogP contribution in [0, 0.1) is 5.92 Å². The Balaban J connectivity index is 1.21. The van der Waals surface area contributed by atoms with Crippen molar-refractivity contribution in [2.24, 2.45) is 11.7 Å². The molecule has 10 atom stereocenters. The average molecular weight is 671 g/mol. The maximum Gasteiger partial charge on any atom is 0.472 e. The minimum Gasteiger partial charge on any atom is -0.390 e. The van der Waals surface area contributed by atoms with E-state index in [0.717, 1.165) is 0 Å². The molecule has 7 rings (SSSR count). The van der Waals surface area contributed by atoms with Crippen LogP contribution in [0.4, 0.5) is 11.8 Å². The van der Waals surface area contributed by atoms with Gasteiger partial charge in [0.25, 0.3) is 5.56 Å². The fraction of sp³-hybridized carbons (Fsp3) is 0.524. The zero-order valence-electron chi connectivity index (χ0n) is 22.8. The van der Waals surface area contributed by atoms with Crippen molar-refractivity contribution in [2.75, 3.05) is 24.7 Å². The van der Waals surface area contributed by atoms with Gasteiger partial charge in [-0.3, -0.25) is 32.4 Å². The Bertz CT molecular complexity index is 1940. The SMILES string of the molecule is Nc1nc2c(ncn2[C@@H]2C[C@@H]3COP(=O)(O)OC4C(N)[C@H](n5cnc6c(N)ncnc65)O[C@@H]4COP(=O)(O)OC2C3O)c(=O)[nH]1. The Morgan fingerprint density at radius 1 is 0.933 bits per heavy atom. The first-order valence-electron chi connectivity index (χ1n) is 13.4. The largest absolute Gasteiger partial charge is 0.472 e. The minimum absolute atomic E-state index is 0.0101. The molecule has 2 aliphatic heterocycles. The molecule has 24 heteroatoms. The number of aromatic amines is 1. The summed E-state index contributed by atoms with van der Waals surface area (Å²) in [4.78, 5) is 56.4. The highest BCUT2D eigenvalue weighted by Gasteiger charge is 2.52. The van der Waals surface area contributed by atoms with Gasteiger partial charge in [-0.25, -0.2) is 29.1 Å². The highest BCUT2D eigenvalue weighted by Crippen LogP contribution is 2.54. The number of nitrogens with zero attached hydrogens (tertiary/aromatic N) is 7. The Morgan fingerprint density at radius 2 is 1.62 bits per heavy atom. The average Bonchev–Trinajstić information content (AvgIpc) is 3.72. The number of phosphoric ester groups is 2. The summed E-state index contributed by atoms with van der Waals surface area (Å²) in [6.45, 7) is -1.27. The number of nitrogen functional groups attached to an aromatic ring is 2. The fourth-order valence-corrected chi connectivity index (χ4v) is 7.89. The molecule has 4 aromatic rings. The lowest BCUT2D eigenvalue weighted by atomic mass is 10.1. The maximum atomic E-state index is 13.3. The van der Waals surface area contributed by atoms with Gasteiger partial charge in [-0.2, -0.15) is 4.98 Å².